The van der Waals surface area contributed by atoms with E-state index in [-0.39, 0.29) is 12.5 Å². The second-order valence-electron chi connectivity index (χ2n) is 5.47. The van der Waals surface area contributed by atoms with E-state index >= 15 is 0 Å². The van der Waals surface area contributed by atoms with Crippen LogP contribution in [0, 0.1) is 19.8 Å². The molecule has 1 unspecified atom stereocenters. The molecule has 1 atom stereocenters. The molecule has 0 aliphatic carbocycles. The smallest absolute Gasteiger partial charge is 0.301 e. The van der Waals surface area contributed by atoms with Crippen LogP contribution >= 0.6 is 0 Å². The Morgan fingerprint density at radius 3 is 2.80 bits per heavy atom. The van der Waals surface area contributed by atoms with Gasteiger partial charge in [-0.05, 0) is 44.2 Å². The number of aryl methyl sites for hydroxylation is 2. The fourth-order valence-electron chi connectivity index (χ4n) is 2.53. The van der Waals surface area contributed by atoms with Crippen molar-refractivity contribution in [2.75, 3.05) is 24.4 Å². The lowest BCUT2D eigenvalue weighted by Crippen LogP contribution is -2.43. The van der Waals surface area contributed by atoms with Gasteiger partial charge in [-0.15, -0.1) is 0 Å². The molecule has 1 aliphatic rings. The maximum Gasteiger partial charge on any atom is 0.301 e. The van der Waals surface area contributed by atoms with Gasteiger partial charge in [0.05, 0.1) is 5.69 Å². The lowest BCUT2D eigenvalue weighted by atomic mass is 10.0. The topological polar surface area (TPSA) is 69.6 Å². The lowest BCUT2D eigenvalue weighted by Gasteiger charge is -2.31. The van der Waals surface area contributed by atoms with Gasteiger partial charge in [-0.25, -0.2) is 0 Å². The number of anilines is 1. The van der Waals surface area contributed by atoms with Crippen molar-refractivity contribution in [3.63, 3.8) is 0 Å². The van der Waals surface area contributed by atoms with Crippen molar-refractivity contribution in [1.29, 1.82) is 0 Å². The van der Waals surface area contributed by atoms with Crippen molar-refractivity contribution in [2.45, 2.75) is 26.7 Å². The van der Waals surface area contributed by atoms with E-state index in [1.54, 1.807) is 6.07 Å². The molecule has 2 rings (SSSR count). The first-order valence-electron chi connectivity index (χ1n) is 6.88. The third kappa shape index (κ3) is 3.50. The number of hydrogen-bond acceptors (Lipinski definition) is 3. The molecule has 1 saturated heterocycles. The Bertz CT molecular complexity index is 572. The molecular weight excluding hydrogens is 276 g/mol. The van der Waals surface area contributed by atoms with Crippen LogP contribution in [0.2, 0.25) is 0 Å². The molecule has 6 heteroatoms. The zero-order valence-corrected chi connectivity index (χ0v) is 12.8. The summed E-state index contributed by atoms with van der Waals surface area (Å²) in [5.74, 6) is 0.0411. The molecule has 1 aromatic carbocycles. The van der Waals surface area contributed by atoms with Crippen LogP contribution in [0.5, 0.6) is 0 Å². The van der Waals surface area contributed by atoms with E-state index in [9.17, 15) is 13.5 Å². The third-order valence-electron chi connectivity index (χ3n) is 3.70. The molecular formula is C14H22N2O3S. The average molecular weight is 298 g/mol. The fourth-order valence-corrected chi connectivity index (χ4v) is 3.94. The Morgan fingerprint density at radius 2 is 2.15 bits per heavy atom. The molecule has 1 aromatic rings. The first-order chi connectivity index (χ1) is 9.42. The second kappa shape index (κ2) is 6.11. The molecule has 0 amide bonds. The van der Waals surface area contributed by atoms with Crippen LogP contribution in [0.3, 0.4) is 0 Å². The van der Waals surface area contributed by atoms with Gasteiger partial charge in [-0.2, -0.15) is 12.7 Å². The van der Waals surface area contributed by atoms with Crippen molar-refractivity contribution < 1.29 is 13.5 Å². The SMILES string of the molecule is Cc1ccc(NS(=O)(=O)N2CCCC(CO)C2)c(C)c1. The van der Waals surface area contributed by atoms with Gasteiger partial charge >= 0.3 is 10.2 Å². The average Bonchev–Trinajstić information content (AvgIpc) is 2.42. The van der Waals surface area contributed by atoms with Gasteiger partial charge in [0.1, 0.15) is 0 Å². The van der Waals surface area contributed by atoms with Crippen molar-refractivity contribution in [3.05, 3.63) is 29.3 Å². The summed E-state index contributed by atoms with van der Waals surface area (Å²) in [7, 11) is -3.54. The Labute approximate surface area is 120 Å². The molecule has 0 spiro atoms. The molecule has 2 N–H and O–H groups in total. The quantitative estimate of drug-likeness (QED) is 0.888. The van der Waals surface area contributed by atoms with E-state index < -0.39 is 10.2 Å². The fraction of sp³-hybridized carbons (Fsp3) is 0.571. The van der Waals surface area contributed by atoms with E-state index in [4.69, 9.17) is 0 Å². The van der Waals surface area contributed by atoms with E-state index in [1.165, 1.54) is 4.31 Å². The largest absolute Gasteiger partial charge is 0.396 e. The van der Waals surface area contributed by atoms with E-state index in [2.05, 4.69) is 4.72 Å². The zero-order chi connectivity index (χ0) is 14.8. The van der Waals surface area contributed by atoms with Crippen molar-refractivity contribution >= 4 is 15.9 Å². The van der Waals surface area contributed by atoms with Gasteiger partial charge < -0.3 is 5.11 Å². The number of rotatable bonds is 4. The maximum atomic E-state index is 12.4. The minimum atomic E-state index is -3.54. The van der Waals surface area contributed by atoms with Crippen molar-refractivity contribution in [3.8, 4) is 0 Å². The van der Waals surface area contributed by atoms with Crippen LogP contribution in [0.4, 0.5) is 5.69 Å². The second-order valence-corrected chi connectivity index (χ2v) is 7.14. The van der Waals surface area contributed by atoms with Crippen LogP contribution in [0.15, 0.2) is 18.2 Å². The first kappa shape index (κ1) is 15.3. The molecule has 0 saturated carbocycles. The van der Waals surface area contributed by atoms with Gasteiger partial charge in [0.25, 0.3) is 0 Å². The summed E-state index contributed by atoms with van der Waals surface area (Å²) in [4.78, 5) is 0. The highest BCUT2D eigenvalue weighted by atomic mass is 32.2. The summed E-state index contributed by atoms with van der Waals surface area (Å²) in [6.45, 7) is 4.79. The normalized spacial score (nSPS) is 20.9. The highest BCUT2D eigenvalue weighted by molar-refractivity contribution is 7.90. The van der Waals surface area contributed by atoms with Crippen LogP contribution in [-0.2, 0) is 10.2 Å². The standard InChI is InChI=1S/C14H22N2O3S/c1-11-5-6-14(12(2)8-11)15-20(18,19)16-7-3-4-13(9-16)10-17/h5-6,8,13,15,17H,3-4,7,9-10H2,1-2H3. The number of aliphatic hydroxyl groups excluding tert-OH is 1. The Hall–Kier alpha value is -1.11. The summed E-state index contributed by atoms with van der Waals surface area (Å²) in [5.41, 5.74) is 2.62. The highest BCUT2D eigenvalue weighted by Gasteiger charge is 2.28. The number of nitrogens with zero attached hydrogens (tertiary/aromatic N) is 1. The summed E-state index contributed by atoms with van der Waals surface area (Å²) in [5, 5.41) is 9.20. The predicted molar refractivity (Wildman–Crippen MR) is 79.8 cm³/mol. The van der Waals surface area contributed by atoms with Gasteiger partial charge in [0.15, 0.2) is 0 Å². The summed E-state index contributed by atoms with van der Waals surface area (Å²) in [6.07, 6.45) is 1.67. The number of nitrogens with one attached hydrogen (secondary N) is 1. The van der Waals surface area contributed by atoms with E-state index in [0.717, 1.165) is 24.0 Å². The summed E-state index contributed by atoms with van der Waals surface area (Å²) in [6, 6.07) is 5.62. The molecule has 5 nitrogen and oxygen atoms in total. The lowest BCUT2D eigenvalue weighted by molar-refractivity contribution is 0.166. The molecule has 0 radical (unpaired) electrons. The van der Waals surface area contributed by atoms with Crippen LogP contribution in [-0.4, -0.2) is 37.5 Å². The molecule has 0 bridgehead atoms. The van der Waals surface area contributed by atoms with Crippen LogP contribution in [0.25, 0.3) is 0 Å². The number of benzene rings is 1. The highest BCUT2D eigenvalue weighted by Crippen LogP contribution is 2.22. The van der Waals surface area contributed by atoms with Crippen molar-refractivity contribution in [2.24, 2.45) is 5.92 Å². The molecule has 112 valence electrons. The minimum absolute atomic E-state index is 0.0373. The molecule has 20 heavy (non-hydrogen) atoms. The van der Waals surface area contributed by atoms with Gasteiger partial charge in [-0.3, -0.25) is 4.72 Å². The first-order valence-corrected chi connectivity index (χ1v) is 8.32. The molecule has 1 heterocycles. The Kier molecular flexibility index (Phi) is 4.67. The molecule has 1 aliphatic heterocycles. The van der Waals surface area contributed by atoms with Gasteiger partial charge in [0, 0.05) is 19.7 Å². The summed E-state index contributed by atoms with van der Waals surface area (Å²) < 4.78 is 28.8. The number of hydrogen-bond donors (Lipinski definition) is 2. The monoisotopic (exact) mass is 298 g/mol. The Morgan fingerprint density at radius 1 is 1.40 bits per heavy atom. The summed E-state index contributed by atoms with van der Waals surface area (Å²) >= 11 is 0. The van der Waals surface area contributed by atoms with E-state index in [0.29, 0.717) is 18.8 Å². The molecule has 0 aromatic heterocycles. The number of piperidine rings is 1. The van der Waals surface area contributed by atoms with Crippen molar-refractivity contribution in [1.82, 2.24) is 4.31 Å². The maximum absolute atomic E-state index is 12.4. The van der Waals surface area contributed by atoms with Crippen LogP contribution < -0.4 is 4.72 Å². The van der Waals surface area contributed by atoms with E-state index in [1.807, 2.05) is 26.0 Å². The van der Waals surface area contributed by atoms with Gasteiger partial charge in [0.2, 0.25) is 0 Å². The zero-order valence-electron chi connectivity index (χ0n) is 12.0. The third-order valence-corrected chi connectivity index (χ3v) is 5.19. The predicted octanol–water partition coefficient (Wildman–Crippen LogP) is 1.66. The molecule has 1 fully saturated rings. The number of aliphatic hydroxyl groups is 1. The van der Waals surface area contributed by atoms with Gasteiger partial charge in [-0.1, -0.05) is 17.7 Å². The van der Waals surface area contributed by atoms with Crippen LogP contribution in [0.1, 0.15) is 24.0 Å². The Balaban J connectivity index is 2.14. The minimum Gasteiger partial charge on any atom is -0.396 e.